The normalized spacial score (nSPS) is 23.4. The van der Waals surface area contributed by atoms with E-state index in [1.807, 2.05) is 30.5 Å². The minimum absolute atomic E-state index is 0.0219. The lowest BCUT2D eigenvalue weighted by atomic mass is 9.87. The van der Waals surface area contributed by atoms with E-state index in [-0.39, 0.29) is 17.9 Å². The average molecular weight is 258 g/mol. The van der Waals surface area contributed by atoms with E-state index in [1.165, 1.54) is 0 Å². The number of carbonyl (C=O) groups excluding carboxylic acids is 1. The van der Waals surface area contributed by atoms with E-state index in [4.69, 9.17) is 0 Å². The van der Waals surface area contributed by atoms with Gasteiger partial charge in [0.05, 0.1) is 17.3 Å². The lowest BCUT2D eigenvalue weighted by molar-refractivity contribution is -0.121. The van der Waals surface area contributed by atoms with E-state index >= 15 is 0 Å². The summed E-state index contributed by atoms with van der Waals surface area (Å²) in [5, 5.41) is 13.6. The van der Waals surface area contributed by atoms with Crippen LogP contribution in [0, 0.1) is 5.92 Å². The molecule has 1 aliphatic carbocycles. The minimum Gasteiger partial charge on any atom is -0.393 e. The number of amides is 1. The standard InChI is InChI=1S/C15H18N2O2/c18-12-6-4-11(5-7-12)15(19)17-13-3-1-2-10-8-9-16-14(10)13/h1-3,8-9,11-12,16,18H,4-7H2,(H,17,19). The first-order chi connectivity index (χ1) is 9.24. The monoisotopic (exact) mass is 258 g/mol. The first kappa shape index (κ1) is 12.2. The van der Waals surface area contributed by atoms with Crippen LogP contribution in [-0.4, -0.2) is 22.1 Å². The Labute approximate surface area is 111 Å². The van der Waals surface area contributed by atoms with Gasteiger partial charge in [0.2, 0.25) is 5.91 Å². The minimum atomic E-state index is -0.226. The second-order valence-corrected chi connectivity index (χ2v) is 5.24. The van der Waals surface area contributed by atoms with Crippen molar-refractivity contribution in [3.8, 4) is 0 Å². The van der Waals surface area contributed by atoms with Gasteiger partial charge in [-0.05, 0) is 37.8 Å². The average Bonchev–Trinajstić information content (AvgIpc) is 2.89. The summed E-state index contributed by atoms with van der Waals surface area (Å²) in [6.45, 7) is 0. The van der Waals surface area contributed by atoms with Gasteiger partial charge in [0.15, 0.2) is 0 Å². The molecular formula is C15H18N2O2. The molecule has 0 unspecified atom stereocenters. The fourth-order valence-corrected chi connectivity index (χ4v) is 2.76. The molecule has 2 aromatic rings. The molecule has 1 aromatic carbocycles. The van der Waals surface area contributed by atoms with E-state index in [9.17, 15) is 9.90 Å². The molecule has 1 aliphatic rings. The highest BCUT2D eigenvalue weighted by Gasteiger charge is 2.25. The molecule has 100 valence electrons. The number of aliphatic hydroxyl groups excluding tert-OH is 1. The zero-order valence-corrected chi connectivity index (χ0v) is 10.7. The molecule has 1 aromatic heterocycles. The maximum absolute atomic E-state index is 12.2. The van der Waals surface area contributed by atoms with Crippen molar-refractivity contribution in [3.05, 3.63) is 30.5 Å². The smallest absolute Gasteiger partial charge is 0.227 e. The number of aromatic amines is 1. The molecule has 1 heterocycles. The van der Waals surface area contributed by atoms with Gasteiger partial charge in [0.25, 0.3) is 0 Å². The number of benzene rings is 1. The highest BCUT2D eigenvalue weighted by Crippen LogP contribution is 2.27. The molecular weight excluding hydrogens is 240 g/mol. The molecule has 4 heteroatoms. The third-order valence-electron chi connectivity index (χ3n) is 3.91. The predicted octanol–water partition coefficient (Wildman–Crippen LogP) is 2.66. The van der Waals surface area contributed by atoms with E-state index in [0.717, 1.165) is 42.3 Å². The van der Waals surface area contributed by atoms with Crippen molar-refractivity contribution in [1.29, 1.82) is 0 Å². The Kier molecular flexibility index (Phi) is 3.25. The zero-order chi connectivity index (χ0) is 13.2. The SMILES string of the molecule is O=C(Nc1cccc2cc[nH]c12)C1CCC(O)CC1. The van der Waals surface area contributed by atoms with Gasteiger partial charge in [0.1, 0.15) is 0 Å². The van der Waals surface area contributed by atoms with Crippen LogP contribution in [0.5, 0.6) is 0 Å². The summed E-state index contributed by atoms with van der Waals surface area (Å²) in [4.78, 5) is 15.4. The second-order valence-electron chi connectivity index (χ2n) is 5.24. The maximum atomic E-state index is 12.2. The fraction of sp³-hybridized carbons (Fsp3) is 0.400. The van der Waals surface area contributed by atoms with Crippen molar-refractivity contribution in [1.82, 2.24) is 4.98 Å². The number of aromatic nitrogens is 1. The van der Waals surface area contributed by atoms with Gasteiger partial charge in [-0.3, -0.25) is 4.79 Å². The van der Waals surface area contributed by atoms with Crippen LogP contribution in [0.3, 0.4) is 0 Å². The Morgan fingerprint density at radius 1 is 1.21 bits per heavy atom. The van der Waals surface area contributed by atoms with Crippen molar-refractivity contribution in [2.75, 3.05) is 5.32 Å². The number of rotatable bonds is 2. The number of hydrogen-bond acceptors (Lipinski definition) is 2. The van der Waals surface area contributed by atoms with Crippen LogP contribution in [0.1, 0.15) is 25.7 Å². The summed E-state index contributed by atoms with van der Waals surface area (Å²) in [5.74, 6) is 0.0858. The Balaban J connectivity index is 1.74. The van der Waals surface area contributed by atoms with Gasteiger partial charge in [-0.1, -0.05) is 12.1 Å². The topological polar surface area (TPSA) is 65.1 Å². The Morgan fingerprint density at radius 2 is 2.00 bits per heavy atom. The molecule has 1 amide bonds. The molecule has 0 bridgehead atoms. The van der Waals surface area contributed by atoms with Crippen molar-refractivity contribution >= 4 is 22.5 Å². The van der Waals surface area contributed by atoms with E-state index < -0.39 is 0 Å². The quantitative estimate of drug-likeness (QED) is 0.775. The van der Waals surface area contributed by atoms with Crippen LogP contribution in [0.25, 0.3) is 10.9 Å². The van der Waals surface area contributed by atoms with Crippen LogP contribution < -0.4 is 5.32 Å². The van der Waals surface area contributed by atoms with Gasteiger partial charge in [-0.15, -0.1) is 0 Å². The van der Waals surface area contributed by atoms with Gasteiger partial charge in [-0.2, -0.15) is 0 Å². The van der Waals surface area contributed by atoms with Crippen molar-refractivity contribution in [2.24, 2.45) is 5.92 Å². The number of nitrogens with one attached hydrogen (secondary N) is 2. The summed E-state index contributed by atoms with van der Waals surface area (Å²) in [6.07, 6.45) is 4.64. The predicted molar refractivity (Wildman–Crippen MR) is 74.9 cm³/mol. The van der Waals surface area contributed by atoms with Gasteiger partial charge in [0, 0.05) is 17.5 Å². The first-order valence-corrected chi connectivity index (χ1v) is 6.79. The third-order valence-corrected chi connectivity index (χ3v) is 3.91. The molecule has 0 spiro atoms. The summed E-state index contributed by atoms with van der Waals surface area (Å²) in [5.41, 5.74) is 1.80. The molecule has 0 aliphatic heterocycles. The molecule has 1 saturated carbocycles. The van der Waals surface area contributed by atoms with Crippen molar-refractivity contribution < 1.29 is 9.90 Å². The molecule has 0 saturated heterocycles. The highest BCUT2D eigenvalue weighted by molar-refractivity contribution is 6.01. The fourth-order valence-electron chi connectivity index (χ4n) is 2.76. The van der Waals surface area contributed by atoms with Crippen LogP contribution in [0.4, 0.5) is 5.69 Å². The second kappa shape index (κ2) is 5.05. The number of aliphatic hydroxyl groups is 1. The molecule has 3 rings (SSSR count). The highest BCUT2D eigenvalue weighted by atomic mass is 16.3. The van der Waals surface area contributed by atoms with E-state index in [0.29, 0.717) is 0 Å². The van der Waals surface area contributed by atoms with Crippen molar-refractivity contribution in [3.63, 3.8) is 0 Å². The third kappa shape index (κ3) is 2.49. The van der Waals surface area contributed by atoms with Crippen LogP contribution in [0.2, 0.25) is 0 Å². The molecule has 1 fully saturated rings. The number of anilines is 1. The van der Waals surface area contributed by atoms with Crippen molar-refractivity contribution in [2.45, 2.75) is 31.8 Å². The van der Waals surface area contributed by atoms with E-state index in [2.05, 4.69) is 10.3 Å². The lowest BCUT2D eigenvalue weighted by Crippen LogP contribution is -2.28. The largest absolute Gasteiger partial charge is 0.393 e. The summed E-state index contributed by atoms with van der Waals surface area (Å²) >= 11 is 0. The van der Waals surface area contributed by atoms with Gasteiger partial charge in [-0.25, -0.2) is 0 Å². The Hall–Kier alpha value is -1.81. The Morgan fingerprint density at radius 3 is 2.79 bits per heavy atom. The number of hydrogen-bond donors (Lipinski definition) is 3. The van der Waals surface area contributed by atoms with Crippen LogP contribution in [-0.2, 0) is 4.79 Å². The Bertz CT molecular complexity index is 583. The summed E-state index contributed by atoms with van der Waals surface area (Å²) in [7, 11) is 0. The van der Waals surface area contributed by atoms with Crippen LogP contribution >= 0.6 is 0 Å². The number of fused-ring (bicyclic) bond motifs is 1. The first-order valence-electron chi connectivity index (χ1n) is 6.79. The molecule has 0 radical (unpaired) electrons. The zero-order valence-electron chi connectivity index (χ0n) is 10.7. The summed E-state index contributed by atoms with van der Waals surface area (Å²) in [6, 6.07) is 7.85. The summed E-state index contributed by atoms with van der Waals surface area (Å²) < 4.78 is 0. The number of H-pyrrole nitrogens is 1. The number of carbonyl (C=O) groups is 1. The molecule has 0 atom stereocenters. The van der Waals surface area contributed by atoms with Gasteiger partial charge < -0.3 is 15.4 Å². The van der Waals surface area contributed by atoms with Crippen LogP contribution in [0.15, 0.2) is 30.5 Å². The number of para-hydroxylation sites is 1. The molecule has 19 heavy (non-hydrogen) atoms. The molecule has 3 N–H and O–H groups in total. The van der Waals surface area contributed by atoms with E-state index in [1.54, 1.807) is 0 Å². The lowest BCUT2D eigenvalue weighted by Gasteiger charge is -2.24. The van der Waals surface area contributed by atoms with Gasteiger partial charge >= 0.3 is 0 Å². The maximum Gasteiger partial charge on any atom is 0.227 e. The molecule has 4 nitrogen and oxygen atoms in total.